The van der Waals surface area contributed by atoms with E-state index in [0.29, 0.717) is 18.9 Å². The topological polar surface area (TPSA) is 42.8 Å². The largest absolute Gasteiger partial charge is 0.494 e. The second kappa shape index (κ2) is 11.1. The van der Waals surface area contributed by atoms with E-state index in [9.17, 15) is 4.79 Å². The molecular formula is C23H31N2O2S+. The number of piperidine rings is 1. The molecule has 1 aliphatic rings. The van der Waals surface area contributed by atoms with Gasteiger partial charge in [-0.3, -0.25) is 4.79 Å². The van der Waals surface area contributed by atoms with Crippen molar-refractivity contribution in [2.75, 3.05) is 25.4 Å². The zero-order valence-electron chi connectivity index (χ0n) is 16.7. The van der Waals surface area contributed by atoms with Crippen LogP contribution >= 0.6 is 11.8 Å². The van der Waals surface area contributed by atoms with Gasteiger partial charge in [-0.25, -0.2) is 0 Å². The normalized spacial score (nSPS) is 14.6. The molecule has 4 nitrogen and oxygen atoms in total. The molecule has 2 N–H and O–H groups in total. The number of thioether (sulfide) groups is 1. The Bertz CT molecular complexity index is 743. The summed E-state index contributed by atoms with van der Waals surface area (Å²) in [7, 11) is 0. The van der Waals surface area contributed by atoms with Crippen LogP contribution in [0.4, 0.5) is 0 Å². The molecule has 2 aromatic rings. The number of hydrogen-bond donors (Lipinski definition) is 2. The monoisotopic (exact) mass is 399 g/mol. The van der Waals surface area contributed by atoms with Crippen LogP contribution in [0.25, 0.3) is 0 Å². The number of quaternary nitrogens is 1. The summed E-state index contributed by atoms with van der Waals surface area (Å²) in [4.78, 5) is 15.0. The van der Waals surface area contributed by atoms with Crippen molar-refractivity contribution in [3.8, 4) is 5.75 Å². The van der Waals surface area contributed by atoms with Crippen LogP contribution in [0.15, 0.2) is 53.4 Å². The highest BCUT2D eigenvalue weighted by Crippen LogP contribution is 2.21. The van der Waals surface area contributed by atoms with E-state index in [1.807, 2.05) is 31.2 Å². The Morgan fingerprint density at radius 2 is 1.75 bits per heavy atom. The van der Waals surface area contributed by atoms with Crippen LogP contribution in [0.5, 0.6) is 5.75 Å². The Labute approximate surface area is 172 Å². The number of carbonyl (C=O) groups is 1. The molecule has 2 aromatic carbocycles. The number of benzene rings is 2. The number of ether oxygens (including phenoxy) is 1. The minimum atomic E-state index is 0.0685. The average molecular weight is 400 g/mol. The highest BCUT2D eigenvalue weighted by molar-refractivity contribution is 8.00. The van der Waals surface area contributed by atoms with Crippen molar-refractivity contribution >= 4 is 17.7 Å². The summed E-state index contributed by atoms with van der Waals surface area (Å²) in [6.07, 6.45) is 4.03. The molecule has 0 aromatic heterocycles. The minimum absolute atomic E-state index is 0.0685. The summed E-state index contributed by atoms with van der Waals surface area (Å²) in [5.41, 5.74) is 2.60. The van der Waals surface area contributed by atoms with Gasteiger partial charge in [-0.1, -0.05) is 24.3 Å². The molecule has 0 saturated carbocycles. The van der Waals surface area contributed by atoms with Gasteiger partial charge in [0.05, 0.1) is 25.4 Å². The molecule has 1 heterocycles. The molecular weight excluding hydrogens is 368 g/mol. The van der Waals surface area contributed by atoms with Gasteiger partial charge < -0.3 is 15.0 Å². The summed E-state index contributed by atoms with van der Waals surface area (Å²) in [5, 5.41) is 3.08. The first-order chi connectivity index (χ1) is 13.7. The van der Waals surface area contributed by atoms with E-state index in [0.717, 1.165) is 17.2 Å². The Morgan fingerprint density at radius 1 is 1.04 bits per heavy atom. The van der Waals surface area contributed by atoms with Crippen LogP contribution < -0.4 is 15.0 Å². The molecule has 0 spiro atoms. The maximum atomic E-state index is 12.3. The summed E-state index contributed by atoms with van der Waals surface area (Å²) < 4.78 is 5.45. The Balaban J connectivity index is 1.46. The number of carbonyl (C=O) groups excluding carboxylic acids is 1. The van der Waals surface area contributed by atoms with Gasteiger partial charge in [0.2, 0.25) is 5.91 Å². The molecule has 0 unspecified atom stereocenters. The highest BCUT2D eigenvalue weighted by Gasteiger charge is 2.15. The van der Waals surface area contributed by atoms with Crippen molar-refractivity contribution < 1.29 is 14.4 Å². The van der Waals surface area contributed by atoms with E-state index in [-0.39, 0.29) is 5.91 Å². The molecule has 1 aliphatic heterocycles. The van der Waals surface area contributed by atoms with Gasteiger partial charge >= 0.3 is 0 Å². The van der Waals surface area contributed by atoms with Gasteiger partial charge in [-0.2, -0.15) is 0 Å². The fourth-order valence-electron chi connectivity index (χ4n) is 3.59. The average Bonchev–Trinajstić information content (AvgIpc) is 2.73. The Hall–Kier alpha value is -1.98. The van der Waals surface area contributed by atoms with Crippen LogP contribution in [0.1, 0.15) is 37.3 Å². The molecule has 0 atom stereocenters. The van der Waals surface area contributed by atoms with Crippen LogP contribution in [-0.2, 0) is 17.9 Å². The van der Waals surface area contributed by atoms with Crippen molar-refractivity contribution in [3.63, 3.8) is 0 Å². The maximum absolute atomic E-state index is 12.3. The molecule has 1 fully saturated rings. The summed E-state index contributed by atoms with van der Waals surface area (Å²) >= 11 is 1.55. The minimum Gasteiger partial charge on any atom is -0.494 e. The lowest BCUT2D eigenvalue weighted by Crippen LogP contribution is -3.11. The third-order valence-corrected chi connectivity index (χ3v) is 6.11. The molecule has 150 valence electrons. The lowest BCUT2D eigenvalue weighted by molar-refractivity contribution is -0.918. The predicted octanol–water partition coefficient (Wildman–Crippen LogP) is 3.06. The van der Waals surface area contributed by atoms with Gasteiger partial charge in [0.1, 0.15) is 12.3 Å². The fraction of sp³-hybridized carbons (Fsp3) is 0.435. The van der Waals surface area contributed by atoms with Crippen LogP contribution in [0.3, 0.4) is 0 Å². The zero-order chi connectivity index (χ0) is 19.6. The lowest BCUT2D eigenvalue weighted by atomic mass is 10.0. The fourth-order valence-corrected chi connectivity index (χ4v) is 4.32. The maximum Gasteiger partial charge on any atom is 0.230 e. The second-order valence-electron chi connectivity index (χ2n) is 7.23. The molecule has 5 heteroatoms. The van der Waals surface area contributed by atoms with Crippen LogP contribution in [0, 0.1) is 0 Å². The summed E-state index contributed by atoms with van der Waals surface area (Å²) in [5.74, 6) is 1.36. The third kappa shape index (κ3) is 6.57. The number of nitrogens with one attached hydrogen (secondary N) is 2. The Morgan fingerprint density at radius 3 is 2.46 bits per heavy atom. The van der Waals surface area contributed by atoms with Gasteiger partial charge in [-0.05, 0) is 56.0 Å². The molecule has 0 aliphatic carbocycles. The van der Waals surface area contributed by atoms with Crippen LogP contribution in [0.2, 0.25) is 0 Å². The van der Waals surface area contributed by atoms with Gasteiger partial charge in [0.15, 0.2) is 0 Å². The quantitative estimate of drug-likeness (QED) is 0.637. The highest BCUT2D eigenvalue weighted by atomic mass is 32.2. The van der Waals surface area contributed by atoms with E-state index in [4.69, 9.17) is 4.74 Å². The van der Waals surface area contributed by atoms with E-state index in [1.54, 1.807) is 16.7 Å². The van der Waals surface area contributed by atoms with E-state index in [2.05, 4.69) is 29.6 Å². The zero-order valence-corrected chi connectivity index (χ0v) is 17.5. The van der Waals surface area contributed by atoms with Gasteiger partial charge in [-0.15, -0.1) is 11.8 Å². The van der Waals surface area contributed by atoms with Crippen molar-refractivity contribution in [1.82, 2.24) is 5.32 Å². The number of likely N-dealkylation sites (tertiary alicyclic amines) is 1. The summed E-state index contributed by atoms with van der Waals surface area (Å²) in [6.45, 7) is 6.83. The van der Waals surface area contributed by atoms with Crippen molar-refractivity contribution in [2.24, 2.45) is 0 Å². The van der Waals surface area contributed by atoms with Crippen molar-refractivity contribution in [1.29, 1.82) is 0 Å². The van der Waals surface area contributed by atoms with E-state index >= 15 is 0 Å². The Kier molecular flexibility index (Phi) is 8.24. The predicted molar refractivity (Wildman–Crippen MR) is 115 cm³/mol. The molecule has 0 bridgehead atoms. The first-order valence-electron chi connectivity index (χ1n) is 10.3. The smallest absolute Gasteiger partial charge is 0.230 e. The third-order valence-electron chi connectivity index (χ3n) is 5.10. The van der Waals surface area contributed by atoms with Crippen molar-refractivity contribution in [3.05, 3.63) is 59.7 Å². The SMILES string of the molecule is CCOc1ccc(SCC(=O)NCc2ccccc2C[NH+]2CCCCC2)cc1. The first kappa shape index (κ1) is 20.7. The molecule has 28 heavy (non-hydrogen) atoms. The van der Waals surface area contributed by atoms with Gasteiger partial charge in [0.25, 0.3) is 0 Å². The standard InChI is InChI=1S/C23H30N2O2S/c1-2-27-21-10-12-22(13-11-21)28-18-23(26)24-16-19-8-4-5-9-20(19)17-25-14-6-3-7-15-25/h4-5,8-13H,2-3,6-7,14-18H2,1H3,(H,24,26)/p+1. The molecule has 0 radical (unpaired) electrons. The molecule has 3 rings (SSSR count). The number of amides is 1. The summed E-state index contributed by atoms with van der Waals surface area (Å²) in [6, 6.07) is 16.4. The van der Waals surface area contributed by atoms with Crippen molar-refractivity contribution in [2.45, 2.75) is 44.2 Å². The first-order valence-corrected chi connectivity index (χ1v) is 11.3. The molecule has 1 amide bonds. The number of hydrogen-bond acceptors (Lipinski definition) is 3. The van der Waals surface area contributed by atoms with Crippen LogP contribution in [-0.4, -0.2) is 31.4 Å². The van der Waals surface area contributed by atoms with E-state index < -0.39 is 0 Å². The lowest BCUT2D eigenvalue weighted by Gasteiger charge is -2.24. The molecule has 1 saturated heterocycles. The van der Waals surface area contributed by atoms with E-state index in [1.165, 1.54) is 43.5 Å². The number of rotatable bonds is 9. The second-order valence-corrected chi connectivity index (χ2v) is 8.27. The van der Waals surface area contributed by atoms with Gasteiger partial charge in [0, 0.05) is 17.0 Å².